The van der Waals surface area contributed by atoms with Crippen LogP contribution in [0.25, 0.3) is 11.4 Å². The molecule has 4 aromatic rings. The number of amides is 1. The molecule has 1 heterocycles. The Morgan fingerprint density at radius 2 is 1.67 bits per heavy atom. The smallest absolute Gasteiger partial charge is 0.267 e. The van der Waals surface area contributed by atoms with Gasteiger partial charge in [-0.1, -0.05) is 60.7 Å². The zero-order chi connectivity index (χ0) is 23.3. The van der Waals surface area contributed by atoms with Crippen molar-refractivity contribution < 1.29 is 18.0 Å². The SMILES string of the molecule is O=C(N/N=C/c1ccccc1C(F)(F)F)c1ccc(Cn2nnc(-c3ccccc3)n2)cc1. The maximum absolute atomic E-state index is 13.0. The van der Waals surface area contributed by atoms with Gasteiger partial charge in [-0.3, -0.25) is 4.79 Å². The molecule has 4 rings (SSSR count). The van der Waals surface area contributed by atoms with Gasteiger partial charge in [0, 0.05) is 16.7 Å². The van der Waals surface area contributed by atoms with E-state index in [1.54, 1.807) is 24.3 Å². The van der Waals surface area contributed by atoms with Gasteiger partial charge < -0.3 is 0 Å². The molecule has 0 aliphatic carbocycles. The fourth-order valence-corrected chi connectivity index (χ4v) is 3.03. The molecule has 3 aromatic carbocycles. The summed E-state index contributed by atoms with van der Waals surface area (Å²) < 4.78 is 39.1. The number of hydrogen-bond donors (Lipinski definition) is 1. The third-order valence-electron chi connectivity index (χ3n) is 4.66. The van der Waals surface area contributed by atoms with Crippen LogP contribution in [-0.4, -0.2) is 32.3 Å². The zero-order valence-electron chi connectivity index (χ0n) is 17.1. The lowest BCUT2D eigenvalue weighted by Gasteiger charge is -2.09. The fourth-order valence-electron chi connectivity index (χ4n) is 3.03. The standard InChI is InChI=1S/C23H17F3N6O/c24-23(25,26)20-9-5-4-8-19(20)14-27-29-22(33)18-12-10-16(11-13-18)15-32-30-21(28-31-32)17-6-2-1-3-7-17/h1-14H,15H2,(H,29,33)/b27-14+. The third-order valence-corrected chi connectivity index (χ3v) is 4.66. The first kappa shape index (κ1) is 21.9. The number of alkyl halides is 3. The van der Waals surface area contributed by atoms with E-state index in [0.29, 0.717) is 17.9 Å². The first-order valence-corrected chi connectivity index (χ1v) is 9.82. The average Bonchev–Trinajstić information content (AvgIpc) is 3.28. The Balaban J connectivity index is 1.37. The molecule has 0 aliphatic rings. The molecule has 1 amide bonds. The minimum Gasteiger partial charge on any atom is -0.267 e. The van der Waals surface area contributed by atoms with Crippen molar-refractivity contribution in [2.45, 2.75) is 12.7 Å². The predicted octanol–water partition coefficient (Wildman–Crippen LogP) is 4.17. The summed E-state index contributed by atoms with van der Waals surface area (Å²) in [6, 6.07) is 21.0. The van der Waals surface area contributed by atoms with Crippen LogP contribution in [0.4, 0.5) is 13.2 Å². The van der Waals surface area contributed by atoms with E-state index >= 15 is 0 Å². The maximum atomic E-state index is 13.0. The maximum Gasteiger partial charge on any atom is 0.417 e. The molecule has 0 radical (unpaired) electrons. The summed E-state index contributed by atoms with van der Waals surface area (Å²) in [6.45, 7) is 0.355. The fraction of sp³-hybridized carbons (Fsp3) is 0.0870. The summed E-state index contributed by atoms with van der Waals surface area (Å²) in [5.41, 5.74) is 3.27. The van der Waals surface area contributed by atoms with Crippen molar-refractivity contribution >= 4 is 12.1 Å². The number of tetrazole rings is 1. The Morgan fingerprint density at radius 1 is 0.970 bits per heavy atom. The van der Waals surface area contributed by atoms with Gasteiger partial charge in [-0.15, -0.1) is 10.2 Å². The van der Waals surface area contributed by atoms with Crippen LogP contribution in [0.1, 0.15) is 27.0 Å². The summed E-state index contributed by atoms with van der Waals surface area (Å²) in [7, 11) is 0. The molecular weight excluding hydrogens is 433 g/mol. The van der Waals surface area contributed by atoms with E-state index in [0.717, 1.165) is 23.4 Å². The van der Waals surface area contributed by atoms with E-state index in [9.17, 15) is 18.0 Å². The van der Waals surface area contributed by atoms with E-state index in [1.807, 2.05) is 30.3 Å². The molecule has 0 atom stereocenters. The highest BCUT2D eigenvalue weighted by Gasteiger charge is 2.32. The van der Waals surface area contributed by atoms with Gasteiger partial charge >= 0.3 is 6.18 Å². The highest BCUT2D eigenvalue weighted by atomic mass is 19.4. The number of hydrazone groups is 1. The van der Waals surface area contributed by atoms with Crippen molar-refractivity contribution in [1.82, 2.24) is 25.6 Å². The van der Waals surface area contributed by atoms with Gasteiger partial charge in [-0.25, -0.2) is 5.43 Å². The lowest BCUT2D eigenvalue weighted by molar-refractivity contribution is -0.137. The number of carbonyl (C=O) groups is 1. The number of nitrogens with zero attached hydrogens (tertiary/aromatic N) is 5. The second-order valence-corrected chi connectivity index (χ2v) is 6.99. The Kier molecular flexibility index (Phi) is 6.25. The number of carbonyl (C=O) groups excluding carboxylic acids is 1. The topological polar surface area (TPSA) is 85.1 Å². The monoisotopic (exact) mass is 450 g/mol. The first-order chi connectivity index (χ1) is 15.9. The Morgan fingerprint density at radius 3 is 2.39 bits per heavy atom. The second-order valence-electron chi connectivity index (χ2n) is 6.99. The molecule has 1 aromatic heterocycles. The van der Waals surface area contributed by atoms with Gasteiger partial charge in [0.15, 0.2) is 0 Å². The second kappa shape index (κ2) is 9.43. The summed E-state index contributed by atoms with van der Waals surface area (Å²) in [6.07, 6.45) is -3.54. The van der Waals surface area contributed by atoms with Gasteiger partial charge in [0.05, 0.1) is 18.3 Å². The number of rotatable bonds is 6. The predicted molar refractivity (Wildman–Crippen MR) is 115 cm³/mol. The number of benzene rings is 3. The molecule has 166 valence electrons. The molecule has 0 fully saturated rings. The number of halogens is 3. The minimum absolute atomic E-state index is 0.143. The van der Waals surface area contributed by atoms with Gasteiger partial charge in [0.1, 0.15) is 0 Å². The summed E-state index contributed by atoms with van der Waals surface area (Å²) in [5.74, 6) is -0.0379. The lowest BCUT2D eigenvalue weighted by atomic mass is 10.1. The molecule has 0 spiro atoms. The van der Waals surface area contributed by atoms with E-state index in [2.05, 4.69) is 25.9 Å². The molecule has 1 N–H and O–H groups in total. The van der Waals surface area contributed by atoms with Crippen LogP contribution >= 0.6 is 0 Å². The van der Waals surface area contributed by atoms with Gasteiger partial charge in [0.2, 0.25) is 5.82 Å². The highest BCUT2D eigenvalue weighted by molar-refractivity contribution is 5.95. The quantitative estimate of drug-likeness (QED) is 0.353. The molecule has 0 aliphatic heterocycles. The van der Waals surface area contributed by atoms with Crippen LogP contribution in [0.3, 0.4) is 0 Å². The molecule has 0 saturated carbocycles. The van der Waals surface area contributed by atoms with E-state index in [1.165, 1.54) is 23.0 Å². The van der Waals surface area contributed by atoms with E-state index < -0.39 is 17.6 Å². The van der Waals surface area contributed by atoms with Gasteiger partial charge in [0.25, 0.3) is 5.91 Å². The normalized spacial score (nSPS) is 11.6. The van der Waals surface area contributed by atoms with Gasteiger partial charge in [-0.2, -0.15) is 23.1 Å². The van der Waals surface area contributed by atoms with Crippen molar-refractivity contribution in [3.05, 3.63) is 101 Å². The molecule has 0 bridgehead atoms. The summed E-state index contributed by atoms with van der Waals surface area (Å²) in [4.78, 5) is 13.7. The summed E-state index contributed by atoms with van der Waals surface area (Å²) in [5, 5.41) is 16.1. The molecule has 0 unspecified atom stereocenters. The van der Waals surface area contributed by atoms with Crippen molar-refractivity contribution in [2.75, 3.05) is 0 Å². The lowest BCUT2D eigenvalue weighted by Crippen LogP contribution is -2.18. The zero-order valence-corrected chi connectivity index (χ0v) is 17.1. The van der Waals surface area contributed by atoms with Crippen LogP contribution in [0.2, 0.25) is 0 Å². The van der Waals surface area contributed by atoms with E-state index in [4.69, 9.17) is 0 Å². The Hall–Kier alpha value is -4.34. The largest absolute Gasteiger partial charge is 0.417 e. The summed E-state index contributed by atoms with van der Waals surface area (Å²) >= 11 is 0. The van der Waals surface area contributed by atoms with Crippen LogP contribution in [0.15, 0.2) is 84.0 Å². The van der Waals surface area contributed by atoms with E-state index in [-0.39, 0.29) is 5.56 Å². The number of hydrogen-bond acceptors (Lipinski definition) is 5. The van der Waals surface area contributed by atoms with Crippen molar-refractivity contribution in [2.24, 2.45) is 5.10 Å². The highest BCUT2D eigenvalue weighted by Crippen LogP contribution is 2.31. The van der Waals surface area contributed by atoms with Crippen molar-refractivity contribution in [3.8, 4) is 11.4 Å². The number of aromatic nitrogens is 4. The molecule has 7 nitrogen and oxygen atoms in total. The molecular formula is C23H17F3N6O. The average molecular weight is 450 g/mol. The Bertz CT molecular complexity index is 1270. The van der Waals surface area contributed by atoms with Crippen molar-refractivity contribution in [1.29, 1.82) is 0 Å². The van der Waals surface area contributed by atoms with Crippen LogP contribution < -0.4 is 5.43 Å². The van der Waals surface area contributed by atoms with Crippen LogP contribution in [0, 0.1) is 0 Å². The van der Waals surface area contributed by atoms with Gasteiger partial charge in [-0.05, 0) is 29.0 Å². The third kappa shape index (κ3) is 5.48. The van der Waals surface area contributed by atoms with Crippen molar-refractivity contribution in [3.63, 3.8) is 0 Å². The van der Waals surface area contributed by atoms with Crippen LogP contribution in [-0.2, 0) is 12.7 Å². The molecule has 10 heteroatoms. The minimum atomic E-state index is -4.51. The molecule has 33 heavy (non-hydrogen) atoms. The number of nitrogens with one attached hydrogen (secondary N) is 1. The van der Waals surface area contributed by atoms with Crippen LogP contribution in [0.5, 0.6) is 0 Å². The first-order valence-electron chi connectivity index (χ1n) is 9.82. The Labute approximate surface area is 186 Å². The molecule has 0 saturated heterocycles.